The highest BCUT2D eigenvalue weighted by atomic mass is 19.2. The molecule has 0 bridgehead atoms. The number of methoxy groups -OCH3 is 1. The van der Waals surface area contributed by atoms with Gasteiger partial charge < -0.3 is 14.5 Å². The van der Waals surface area contributed by atoms with E-state index >= 15 is 0 Å². The Hall–Kier alpha value is -2.18. The van der Waals surface area contributed by atoms with E-state index in [0.29, 0.717) is 32.4 Å². The van der Waals surface area contributed by atoms with E-state index in [1.807, 2.05) is 0 Å². The number of carbonyl (C=O) groups is 2. The third-order valence-electron chi connectivity index (χ3n) is 5.05. The molecule has 0 radical (unpaired) electrons. The van der Waals surface area contributed by atoms with E-state index in [4.69, 9.17) is 4.74 Å². The predicted octanol–water partition coefficient (Wildman–Crippen LogP) is 2.20. The smallest absolute Gasteiger partial charge is 0.261 e. The quantitative estimate of drug-likeness (QED) is 0.831. The van der Waals surface area contributed by atoms with Crippen LogP contribution < -0.4 is 4.74 Å². The first-order chi connectivity index (χ1) is 11.4. The summed E-state index contributed by atoms with van der Waals surface area (Å²) >= 11 is 0. The topological polar surface area (TPSA) is 49.9 Å². The minimum atomic E-state index is -1.24. The van der Waals surface area contributed by atoms with Crippen LogP contribution in [0, 0.1) is 11.6 Å². The van der Waals surface area contributed by atoms with Crippen molar-refractivity contribution in [2.45, 2.75) is 31.2 Å². The minimum Gasteiger partial charge on any atom is -0.496 e. The number of amides is 2. The Labute approximate surface area is 139 Å². The second-order valence-corrected chi connectivity index (χ2v) is 6.36. The fourth-order valence-corrected chi connectivity index (χ4v) is 3.87. The second-order valence-electron chi connectivity index (χ2n) is 6.36. The van der Waals surface area contributed by atoms with Crippen molar-refractivity contribution in [3.63, 3.8) is 0 Å². The number of carbonyl (C=O) groups excluding carboxylic acids is 2. The van der Waals surface area contributed by atoms with Crippen LogP contribution in [0.4, 0.5) is 8.78 Å². The molecule has 0 aliphatic carbocycles. The van der Waals surface area contributed by atoms with Crippen LogP contribution in [0.1, 0.15) is 36.0 Å². The van der Waals surface area contributed by atoms with E-state index in [1.54, 1.807) is 11.9 Å². The van der Waals surface area contributed by atoms with Crippen molar-refractivity contribution in [2.24, 2.45) is 0 Å². The molecule has 1 aromatic rings. The van der Waals surface area contributed by atoms with E-state index < -0.39 is 28.6 Å². The lowest BCUT2D eigenvalue weighted by Gasteiger charge is -2.43. The largest absolute Gasteiger partial charge is 0.496 e. The van der Waals surface area contributed by atoms with Crippen LogP contribution >= 0.6 is 0 Å². The van der Waals surface area contributed by atoms with Gasteiger partial charge in [0.15, 0.2) is 11.6 Å². The normalized spacial score (nSPS) is 23.9. The maximum atomic E-state index is 14.3. The molecule has 1 atom stereocenters. The van der Waals surface area contributed by atoms with Crippen molar-refractivity contribution in [3.05, 3.63) is 29.3 Å². The van der Waals surface area contributed by atoms with Crippen LogP contribution in [0.3, 0.4) is 0 Å². The molecule has 24 heavy (non-hydrogen) atoms. The Bertz CT molecular complexity index is 695. The SMILES string of the molecule is COc1ccc(F)c(F)c1C(=O)N1CCCC12CCCN(C)C2=O. The van der Waals surface area contributed by atoms with Crippen molar-refractivity contribution >= 4 is 11.8 Å². The lowest BCUT2D eigenvalue weighted by atomic mass is 9.85. The molecule has 3 rings (SSSR count). The maximum Gasteiger partial charge on any atom is 0.261 e. The van der Waals surface area contributed by atoms with E-state index in [2.05, 4.69) is 0 Å². The molecule has 0 N–H and O–H groups in total. The van der Waals surface area contributed by atoms with Gasteiger partial charge >= 0.3 is 0 Å². The standard InChI is InChI=1S/C17H20F2N2O3/c1-20-9-3-7-17(16(20)23)8-4-10-21(17)15(22)13-12(24-2)6-5-11(18)14(13)19/h5-6H,3-4,7-10H2,1-2H3. The number of nitrogens with zero attached hydrogens (tertiary/aromatic N) is 2. The Balaban J connectivity index is 2.04. The van der Waals surface area contributed by atoms with Crippen LogP contribution in [-0.4, -0.2) is 54.4 Å². The molecule has 5 nitrogen and oxygen atoms in total. The first-order valence-electron chi connectivity index (χ1n) is 8.02. The molecule has 2 fully saturated rings. The van der Waals surface area contributed by atoms with Gasteiger partial charge in [0.25, 0.3) is 5.91 Å². The maximum absolute atomic E-state index is 14.3. The van der Waals surface area contributed by atoms with Gasteiger partial charge in [-0.15, -0.1) is 0 Å². The van der Waals surface area contributed by atoms with Crippen LogP contribution in [0.2, 0.25) is 0 Å². The molecule has 130 valence electrons. The lowest BCUT2D eigenvalue weighted by Crippen LogP contribution is -2.60. The van der Waals surface area contributed by atoms with E-state index in [9.17, 15) is 18.4 Å². The van der Waals surface area contributed by atoms with Crippen LogP contribution in [0.25, 0.3) is 0 Å². The third kappa shape index (κ3) is 2.34. The van der Waals surface area contributed by atoms with E-state index in [0.717, 1.165) is 12.5 Å². The average molecular weight is 338 g/mol. The first kappa shape index (κ1) is 16.7. The highest BCUT2D eigenvalue weighted by molar-refractivity contribution is 6.02. The summed E-state index contributed by atoms with van der Waals surface area (Å²) in [5.41, 5.74) is -1.40. The molecule has 2 aliphatic rings. The fourth-order valence-electron chi connectivity index (χ4n) is 3.87. The molecular weight excluding hydrogens is 318 g/mol. The predicted molar refractivity (Wildman–Crippen MR) is 82.8 cm³/mol. The number of halogens is 2. The van der Waals surface area contributed by atoms with Gasteiger partial charge in [-0.3, -0.25) is 9.59 Å². The summed E-state index contributed by atoms with van der Waals surface area (Å²) in [5.74, 6) is -3.20. The number of likely N-dealkylation sites (N-methyl/N-ethyl adjacent to an activating group) is 1. The van der Waals surface area contributed by atoms with Gasteiger partial charge in [0, 0.05) is 20.1 Å². The highest BCUT2D eigenvalue weighted by Crippen LogP contribution is 2.40. The molecule has 1 unspecified atom stereocenters. The van der Waals surface area contributed by atoms with Crippen molar-refractivity contribution in [3.8, 4) is 5.75 Å². The third-order valence-corrected chi connectivity index (χ3v) is 5.05. The fraction of sp³-hybridized carbons (Fsp3) is 0.529. The van der Waals surface area contributed by atoms with Gasteiger partial charge in [0.1, 0.15) is 16.9 Å². The minimum absolute atomic E-state index is 0.0300. The average Bonchev–Trinajstić information content (AvgIpc) is 2.99. The second kappa shape index (κ2) is 6.03. The van der Waals surface area contributed by atoms with Gasteiger partial charge in [-0.2, -0.15) is 0 Å². The Kier molecular flexibility index (Phi) is 4.19. The summed E-state index contributed by atoms with van der Waals surface area (Å²) in [6.45, 7) is 0.984. The Morgan fingerprint density at radius 2 is 1.88 bits per heavy atom. The van der Waals surface area contributed by atoms with Crippen LogP contribution in [0.5, 0.6) is 5.75 Å². The molecule has 2 heterocycles. The summed E-state index contributed by atoms with van der Waals surface area (Å²) in [5, 5.41) is 0. The molecular formula is C17H20F2N2O3. The Morgan fingerprint density at radius 1 is 1.21 bits per heavy atom. The number of likely N-dealkylation sites (tertiary alicyclic amines) is 2. The molecule has 1 aromatic carbocycles. The molecule has 2 aliphatic heterocycles. The summed E-state index contributed by atoms with van der Waals surface area (Å²) < 4.78 is 33.0. The number of hydrogen-bond donors (Lipinski definition) is 0. The van der Waals surface area contributed by atoms with Crippen LogP contribution in [0.15, 0.2) is 12.1 Å². The number of hydrogen-bond acceptors (Lipinski definition) is 3. The van der Waals surface area contributed by atoms with Crippen molar-refractivity contribution in [2.75, 3.05) is 27.2 Å². The summed E-state index contributed by atoms with van der Waals surface area (Å²) in [6, 6.07) is 2.15. The molecule has 0 aromatic heterocycles. The molecule has 0 saturated carbocycles. The van der Waals surface area contributed by atoms with Crippen molar-refractivity contribution < 1.29 is 23.1 Å². The zero-order chi connectivity index (χ0) is 17.5. The van der Waals surface area contributed by atoms with Gasteiger partial charge in [0.2, 0.25) is 5.91 Å². The van der Waals surface area contributed by atoms with E-state index in [1.165, 1.54) is 18.1 Å². The van der Waals surface area contributed by atoms with Gasteiger partial charge in [-0.1, -0.05) is 0 Å². The van der Waals surface area contributed by atoms with Crippen molar-refractivity contribution in [1.82, 2.24) is 9.80 Å². The molecule has 7 heteroatoms. The first-order valence-corrected chi connectivity index (χ1v) is 8.02. The monoisotopic (exact) mass is 338 g/mol. The number of benzene rings is 1. The summed E-state index contributed by atoms with van der Waals surface area (Å²) in [4.78, 5) is 28.7. The van der Waals surface area contributed by atoms with Crippen molar-refractivity contribution in [1.29, 1.82) is 0 Å². The van der Waals surface area contributed by atoms with E-state index in [-0.39, 0.29) is 11.7 Å². The zero-order valence-electron chi connectivity index (χ0n) is 13.8. The van der Waals surface area contributed by atoms with Gasteiger partial charge in [-0.05, 0) is 37.8 Å². The molecule has 2 amide bonds. The number of ether oxygens (including phenoxy) is 1. The zero-order valence-corrected chi connectivity index (χ0v) is 13.8. The highest BCUT2D eigenvalue weighted by Gasteiger charge is 2.52. The Morgan fingerprint density at radius 3 is 2.54 bits per heavy atom. The number of rotatable bonds is 2. The molecule has 2 saturated heterocycles. The lowest BCUT2D eigenvalue weighted by molar-refractivity contribution is -0.144. The van der Waals surface area contributed by atoms with Gasteiger partial charge in [-0.25, -0.2) is 8.78 Å². The number of piperidine rings is 1. The molecule has 1 spiro atoms. The summed E-state index contributed by atoms with van der Waals surface area (Å²) in [6.07, 6.45) is 2.52. The van der Waals surface area contributed by atoms with Gasteiger partial charge in [0.05, 0.1) is 7.11 Å². The summed E-state index contributed by atoms with van der Waals surface area (Å²) in [7, 11) is 3.00. The van der Waals surface area contributed by atoms with Crippen LogP contribution in [-0.2, 0) is 4.79 Å².